The van der Waals surface area contributed by atoms with Crippen molar-refractivity contribution >= 4 is 36.3 Å². The first kappa shape index (κ1) is 35.1. The summed E-state index contributed by atoms with van der Waals surface area (Å²) in [6, 6.07) is 4.33. The lowest BCUT2D eigenvalue weighted by molar-refractivity contribution is -0.116. The maximum absolute atomic E-state index is 14.4. The molecule has 0 aromatic heterocycles. The summed E-state index contributed by atoms with van der Waals surface area (Å²) in [4.78, 5) is 52.1. The van der Waals surface area contributed by atoms with Gasteiger partial charge in [0.05, 0.1) is 6.10 Å². The molecule has 44 heavy (non-hydrogen) atoms. The highest BCUT2D eigenvalue weighted by molar-refractivity contribution is 5.91. The molecule has 0 radical (unpaired) electrons. The molecule has 1 saturated carbocycles. The fourth-order valence-electron chi connectivity index (χ4n) is 5.35. The van der Waals surface area contributed by atoms with E-state index < -0.39 is 30.0 Å². The zero-order valence-corrected chi connectivity index (χ0v) is 26.4. The maximum atomic E-state index is 14.4. The lowest BCUT2D eigenvalue weighted by Crippen LogP contribution is -2.48. The summed E-state index contributed by atoms with van der Waals surface area (Å²) in [6.45, 7) is 8.27. The first-order valence-electron chi connectivity index (χ1n) is 15.7. The molecule has 1 aromatic rings. The SMILES string of the molecule is C/C(=C\c1cc(F)cc(NC(=O)CC2CC2)c1)[C@@H](C=O)[C@@H](C)/C=C/[C@H](OC(=O)N1CCN(C)CC1)[C@@H](C)CC[C@@H](O)CC=O. The molecule has 0 spiro atoms. The van der Waals surface area contributed by atoms with E-state index in [0.29, 0.717) is 61.4 Å². The van der Waals surface area contributed by atoms with Crippen molar-refractivity contribution < 1.29 is 33.4 Å². The van der Waals surface area contributed by atoms with E-state index >= 15 is 0 Å². The summed E-state index contributed by atoms with van der Waals surface area (Å²) >= 11 is 0. The van der Waals surface area contributed by atoms with Gasteiger partial charge in [-0.05, 0) is 87.2 Å². The summed E-state index contributed by atoms with van der Waals surface area (Å²) in [5.41, 5.74) is 1.63. The van der Waals surface area contributed by atoms with Gasteiger partial charge in [0.15, 0.2) is 0 Å². The zero-order chi connectivity index (χ0) is 32.2. The summed E-state index contributed by atoms with van der Waals surface area (Å²) in [5, 5.41) is 12.8. The number of anilines is 1. The summed E-state index contributed by atoms with van der Waals surface area (Å²) in [5.74, 6) is -1.15. The molecule has 2 N–H and O–H groups in total. The highest BCUT2D eigenvalue weighted by atomic mass is 19.1. The Morgan fingerprint density at radius 2 is 1.80 bits per heavy atom. The van der Waals surface area contributed by atoms with Crippen molar-refractivity contribution in [2.24, 2.45) is 23.7 Å². The van der Waals surface area contributed by atoms with Gasteiger partial charge < -0.3 is 34.5 Å². The van der Waals surface area contributed by atoms with E-state index in [-0.39, 0.29) is 24.2 Å². The molecule has 10 heteroatoms. The van der Waals surface area contributed by atoms with Crippen molar-refractivity contribution in [2.45, 2.75) is 71.5 Å². The minimum Gasteiger partial charge on any atom is -0.442 e. The number of aliphatic hydroxyl groups excluding tert-OH is 1. The highest BCUT2D eigenvalue weighted by Crippen LogP contribution is 2.33. The smallest absolute Gasteiger partial charge is 0.410 e. The Morgan fingerprint density at radius 3 is 2.43 bits per heavy atom. The fourth-order valence-corrected chi connectivity index (χ4v) is 5.35. The second kappa shape index (κ2) is 17.2. The first-order chi connectivity index (χ1) is 21.0. The molecule has 0 unspecified atom stereocenters. The van der Waals surface area contributed by atoms with Crippen LogP contribution >= 0.6 is 0 Å². The van der Waals surface area contributed by atoms with Crippen molar-refractivity contribution in [1.29, 1.82) is 0 Å². The van der Waals surface area contributed by atoms with Crippen LogP contribution in [0.2, 0.25) is 0 Å². The van der Waals surface area contributed by atoms with E-state index in [0.717, 1.165) is 32.2 Å². The second-order valence-corrected chi connectivity index (χ2v) is 12.5. The normalized spacial score (nSPS) is 19.6. The van der Waals surface area contributed by atoms with E-state index in [1.165, 1.54) is 12.1 Å². The minimum atomic E-state index is -0.756. The standard InChI is InChI=1S/C34H48FN3O6/c1-23(31(22-40)25(3)17-27-18-28(35)21-29(19-27)36-33(42)20-26-7-8-26)6-10-32(24(2)5-9-30(41)11-16-39)44-34(43)38-14-12-37(4)13-15-38/h6,10,16-19,21-24,26,30-32,41H,5,7-9,11-15,20H2,1-4H3,(H,36,42)/b10-6+,25-17+/t23-,24-,30+,31-,32-/m0/s1. The van der Waals surface area contributed by atoms with Crippen molar-refractivity contribution in [3.05, 3.63) is 47.3 Å². The van der Waals surface area contributed by atoms with Gasteiger partial charge in [0.25, 0.3) is 0 Å². The molecule has 3 rings (SSSR count). The number of aliphatic hydroxyl groups is 1. The number of halogens is 1. The van der Waals surface area contributed by atoms with Crippen LogP contribution in [-0.2, 0) is 19.1 Å². The molecule has 1 heterocycles. The number of allylic oxidation sites excluding steroid dienone is 2. The van der Waals surface area contributed by atoms with Gasteiger partial charge >= 0.3 is 6.09 Å². The maximum Gasteiger partial charge on any atom is 0.410 e. The second-order valence-electron chi connectivity index (χ2n) is 12.5. The van der Waals surface area contributed by atoms with E-state index in [9.17, 15) is 28.7 Å². The summed E-state index contributed by atoms with van der Waals surface area (Å²) in [6.07, 6.45) is 8.67. The van der Waals surface area contributed by atoms with Crippen LogP contribution in [0.5, 0.6) is 0 Å². The number of nitrogens with one attached hydrogen (secondary N) is 1. The number of carbonyl (C=O) groups excluding carboxylic acids is 4. The Bertz CT molecular complexity index is 1190. The molecule has 5 atom stereocenters. The Kier molecular flexibility index (Phi) is 13.7. The lowest BCUT2D eigenvalue weighted by atomic mass is 9.86. The zero-order valence-electron chi connectivity index (χ0n) is 26.4. The van der Waals surface area contributed by atoms with E-state index in [4.69, 9.17) is 4.74 Å². The number of piperazine rings is 1. The first-order valence-corrected chi connectivity index (χ1v) is 15.7. The Morgan fingerprint density at radius 1 is 1.09 bits per heavy atom. The molecule has 2 amide bonds. The highest BCUT2D eigenvalue weighted by Gasteiger charge is 2.27. The van der Waals surface area contributed by atoms with Crippen molar-refractivity contribution in [3.63, 3.8) is 0 Å². The van der Waals surface area contributed by atoms with Crippen LogP contribution in [0.4, 0.5) is 14.9 Å². The molecule has 1 aliphatic heterocycles. The number of likely N-dealkylation sites (N-methyl/N-ethyl adjacent to an activating group) is 1. The van der Waals surface area contributed by atoms with Crippen molar-refractivity contribution in [1.82, 2.24) is 9.80 Å². The predicted octanol–water partition coefficient (Wildman–Crippen LogP) is 5.09. The molecule has 0 bridgehead atoms. The number of hydrogen-bond donors (Lipinski definition) is 2. The number of carbonyl (C=O) groups is 4. The topological polar surface area (TPSA) is 116 Å². The molecular weight excluding hydrogens is 565 g/mol. The molecular formula is C34H48FN3O6. The number of benzene rings is 1. The Balaban J connectivity index is 1.72. The molecule has 1 saturated heterocycles. The van der Waals surface area contributed by atoms with E-state index in [2.05, 4.69) is 10.2 Å². The van der Waals surface area contributed by atoms with Gasteiger partial charge in [0, 0.05) is 50.6 Å². The van der Waals surface area contributed by atoms with Crippen LogP contribution in [-0.4, -0.2) is 84.9 Å². The largest absolute Gasteiger partial charge is 0.442 e. The number of aldehydes is 2. The third-order valence-electron chi connectivity index (χ3n) is 8.50. The number of hydrogen-bond acceptors (Lipinski definition) is 7. The predicted molar refractivity (Wildman–Crippen MR) is 168 cm³/mol. The van der Waals surface area contributed by atoms with Crippen molar-refractivity contribution in [3.8, 4) is 0 Å². The Hall–Kier alpha value is -3.37. The average molecular weight is 614 g/mol. The average Bonchev–Trinajstić information content (AvgIpc) is 3.78. The van der Waals surface area contributed by atoms with Gasteiger partial charge in [-0.3, -0.25) is 4.79 Å². The van der Waals surface area contributed by atoms with Crippen LogP contribution < -0.4 is 5.32 Å². The number of ether oxygens (including phenoxy) is 1. The number of rotatable bonds is 16. The van der Waals surface area contributed by atoms with Gasteiger partial charge in [0.1, 0.15) is 24.5 Å². The third kappa shape index (κ3) is 11.6. The van der Waals surface area contributed by atoms with Gasteiger partial charge in [-0.15, -0.1) is 0 Å². The summed E-state index contributed by atoms with van der Waals surface area (Å²) in [7, 11) is 2.00. The van der Waals surface area contributed by atoms with Gasteiger partial charge in [-0.1, -0.05) is 31.6 Å². The van der Waals surface area contributed by atoms with E-state index in [1.807, 2.05) is 33.9 Å². The van der Waals surface area contributed by atoms with Crippen molar-refractivity contribution in [2.75, 3.05) is 38.5 Å². The van der Waals surface area contributed by atoms with E-state index in [1.54, 1.807) is 23.1 Å². The monoisotopic (exact) mass is 613 g/mol. The molecule has 1 aromatic carbocycles. The minimum absolute atomic E-state index is 0.0532. The number of nitrogens with zero attached hydrogens (tertiary/aromatic N) is 2. The van der Waals surface area contributed by atoms with Gasteiger partial charge in [-0.2, -0.15) is 0 Å². The van der Waals surface area contributed by atoms with Crippen LogP contribution in [0, 0.1) is 29.5 Å². The van der Waals surface area contributed by atoms with Crippen LogP contribution in [0.3, 0.4) is 0 Å². The molecule has 1 aliphatic carbocycles. The third-order valence-corrected chi connectivity index (χ3v) is 8.50. The van der Waals surface area contributed by atoms with Crippen LogP contribution in [0.1, 0.15) is 64.9 Å². The fraction of sp³-hybridized carbons (Fsp3) is 0.588. The number of amides is 2. The molecule has 9 nitrogen and oxygen atoms in total. The Labute approximate surface area is 260 Å². The van der Waals surface area contributed by atoms with Gasteiger partial charge in [-0.25, -0.2) is 9.18 Å². The molecule has 242 valence electrons. The quantitative estimate of drug-likeness (QED) is 0.197. The molecule has 2 fully saturated rings. The summed E-state index contributed by atoms with van der Waals surface area (Å²) < 4.78 is 20.3. The van der Waals surface area contributed by atoms with Crippen LogP contribution in [0.25, 0.3) is 6.08 Å². The van der Waals surface area contributed by atoms with Gasteiger partial charge in [0.2, 0.25) is 5.91 Å². The lowest BCUT2D eigenvalue weighted by Gasteiger charge is -2.33. The molecule has 2 aliphatic rings. The van der Waals surface area contributed by atoms with Crippen LogP contribution in [0.15, 0.2) is 35.9 Å².